The summed E-state index contributed by atoms with van der Waals surface area (Å²) in [5.41, 5.74) is 0.896. The van der Waals surface area contributed by atoms with Crippen LogP contribution in [0.1, 0.15) is 5.56 Å². The van der Waals surface area contributed by atoms with Crippen LogP contribution in [0.2, 0.25) is 0 Å². The standard InChI is InChI=1S/C10H8F2S/c1-2-4-8-5-3-6-9(7-8)13-10(11)12/h1,3,5-7,10H,4H2. The first kappa shape index (κ1) is 10.1. The van der Waals surface area contributed by atoms with Crippen molar-refractivity contribution in [1.29, 1.82) is 0 Å². The number of thioether (sulfide) groups is 1. The van der Waals surface area contributed by atoms with E-state index in [2.05, 4.69) is 5.92 Å². The third-order valence-corrected chi connectivity index (χ3v) is 2.13. The second-order valence-corrected chi connectivity index (χ2v) is 3.47. The van der Waals surface area contributed by atoms with Crippen molar-refractivity contribution in [3.8, 4) is 12.3 Å². The van der Waals surface area contributed by atoms with Crippen molar-refractivity contribution in [2.75, 3.05) is 0 Å². The van der Waals surface area contributed by atoms with E-state index in [4.69, 9.17) is 6.42 Å². The minimum atomic E-state index is -2.37. The van der Waals surface area contributed by atoms with Gasteiger partial charge < -0.3 is 0 Å². The van der Waals surface area contributed by atoms with Crippen LogP contribution in [0, 0.1) is 12.3 Å². The molecule has 0 atom stereocenters. The van der Waals surface area contributed by atoms with E-state index in [0.717, 1.165) is 5.56 Å². The molecule has 0 fully saturated rings. The van der Waals surface area contributed by atoms with Crippen molar-refractivity contribution in [3.63, 3.8) is 0 Å². The van der Waals surface area contributed by atoms with Gasteiger partial charge in [0.15, 0.2) is 0 Å². The van der Waals surface area contributed by atoms with Gasteiger partial charge in [0.1, 0.15) is 0 Å². The van der Waals surface area contributed by atoms with Gasteiger partial charge in [-0.2, -0.15) is 8.78 Å². The van der Waals surface area contributed by atoms with Crippen molar-refractivity contribution >= 4 is 11.8 Å². The van der Waals surface area contributed by atoms with E-state index in [1.165, 1.54) is 0 Å². The highest BCUT2D eigenvalue weighted by molar-refractivity contribution is 7.99. The molecule has 0 amide bonds. The molecule has 3 heteroatoms. The molecule has 0 aliphatic heterocycles. The van der Waals surface area contributed by atoms with Gasteiger partial charge in [-0.25, -0.2) is 0 Å². The summed E-state index contributed by atoms with van der Waals surface area (Å²) in [5.74, 6) is 0.0938. The Labute approximate surface area is 80.3 Å². The summed E-state index contributed by atoms with van der Waals surface area (Å²) in [7, 11) is 0. The number of alkyl halides is 2. The SMILES string of the molecule is C#CCc1cccc(SC(F)F)c1. The predicted octanol–water partition coefficient (Wildman–Crippen LogP) is 3.18. The van der Waals surface area contributed by atoms with Crippen LogP contribution in [0.15, 0.2) is 29.2 Å². The molecule has 1 aromatic carbocycles. The average molecular weight is 198 g/mol. The lowest BCUT2D eigenvalue weighted by atomic mass is 10.2. The van der Waals surface area contributed by atoms with E-state index < -0.39 is 5.76 Å². The minimum absolute atomic E-state index is 0.484. The van der Waals surface area contributed by atoms with Crippen molar-refractivity contribution in [1.82, 2.24) is 0 Å². The Morgan fingerprint density at radius 1 is 1.46 bits per heavy atom. The molecule has 0 saturated heterocycles. The fourth-order valence-electron chi connectivity index (χ4n) is 0.949. The Morgan fingerprint density at radius 3 is 2.85 bits per heavy atom. The van der Waals surface area contributed by atoms with Gasteiger partial charge in [0.05, 0.1) is 0 Å². The molecule has 1 aromatic rings. The molecule has 0 bridgehead atoms. The molecule has 0 aliphatic rings. The maximum Gasteiger partial charge on any atom is 0.288 e. The molecular formula is C10H8F2S. The highest BCUT2D eigenvalue weighted by Gasteiger charge is 2.04. The van der Waals surface area contributed by atoms with E-state index in [1.54, 1.807) is 18.2 Å². The van der Waals surface area contributed by atoms with E-state index in [1.807, 2.05) is 6.07 Å². The Bertz CT molecular complexity index is 315. The van der Waals surface area contributed by atoms with Gasteiger partial charge in [-0.05, 0) is 17.7 Å². The first-order valence-electron chi connectivity index (χ1n) is 3.69. The highest BCUT2D eigenvalue weighted by Crippen LogP contribution is 2.25. The maximum atomic E-state index is 12.0. The molecule has 0 spiro atoms. The van der Waals surface area contributed by atoms with Crippen LogP contribution in [-0.2, 0) is 6.42 Å². The minimum Gasteiger partial charge on any atom is -0.198 e. The smallest absolute Gasteiger partial charge is 0.198 e. The summed E-state index contributed by atoms with van der Waals surface area (Å²) in [5, 5.41) is 0. The Hall–Kier alpha value is -1.01. The fraction of sp³-hybridized carbons (Fsp3) is 0.200. The van der Waals surface area contributed by atoms with E-state index in [-0.39, 0.29) is 0 Å². The molecule has 68 valence electrons. The molecule has 13 heavy (non-hydrogen) atoms. The number of hydrogen-bond acceptors (Lipinski definition) is 1. The van der Waals surface area contributed by atoms with Crippen molar-refractivity contribution < 1.29 is 8.78 Å². The summed E-state index contributed by atoms with van der Waals surface area (Å²) >= 11 is 0.537. The van der Waals surface area contributed by atoms with Crippen LogP contribution >= 0.6 is 11.8 Å². The molecule has 0 aliphatic carbocycles. The van der Waals surface area contributed by atoms with Crippen LogP contribution in [0.4, 0.5) is 8.78 Å². The normalized spacial score (nSPS) is 10.0. The van der Waals surface area contributed by atoms with Gasteiger partial charge in [-0.15, -0.1) is 12.3 Å². The molecule has 0 aromatic heterocycles. The van der Waals surface area contributed by atoms with Gasteiger partial charge in [-0.1, -0.05) is 23.9 Å². The van der Waals surface area contributed by atoms with Crippen LogP contribution in [0.5, 0.6) is 0 Å². The monoisotopic (exact) mass is 198 g/mol. The van der Waals surface area contributed by atoms with E-state index in [9.17, 15) is 8.78 Å². The zero-order valence-corrected chi connectivity index (χ0v) is 7.65. The molecule has 1 rings (SSSR count). The Balaban J connectivity index is 2.74. The van der Waals surface area contributed by atoms with Crippen LogP contribution in [0.3, 0.4) is 0 Å². The summed E-state index contributed by atoms with van der Waals surface area (Å²) in [4.78, 5) is 0.558. The molecule has 0 heterocycles. The number of hydrogen-bond donors (Lipinski definition) is 0. The van der Waals surface area contributed by atoms with Crippen LogP contribution in [0.25, 0.3) is 0 Å². The van der Waals surface area contributed by atoms with Gasteiger partial charge in [0.25, 0.3) is 5.76 Å². The lowest BCUT2D eigenvalue weighted by molar-refractivity contribution is 0.252. The zero-order valence-electron chi connectivity index (χ0n) is 6.84. The first-order valence-corrected chi connectivity index (χ1v) is 4.57. The second kappa shape index (κ2) is 4.88. The van der Waals surface area contributed by atoms with E-state index >= 15 is 0 Å². The number of halogens is 2. The molecule has 0 unspecified atom stereocenters. The molecular weight excluding hydrogens is 190 g/mol. The summed E-state index contributed by atoms with van der Waals surface area (Å²) in [6, 6.07) is 6.90. The number of rotatable bonds is 3. The highest BCUT2D eigenvalue weighted by atomic mass is 32.2. The molecule has 0 saturated carbocycles. The van der Waals surface area contributed by atoms with Gasteiger partial charge in [0.2, 0.25) is 0 Å². The largest absolute Gasteiger partial charge is 0.288 e. The van der Waals surface area contributed by atoms with Gasteiger partial charge >= 0.3 is 0 Å². The van der Waals surface area contributed by atoms with Crippen molar-refractivity contribution in [2.45, 2.75) is 17.1 Å². The third kappa shape index (κ3) is 3.47. The van der Waals surface area contributed by atoms with Crippen LogP contribution < -0.4 is 0 Å². The zero-order chi connectivity index (χ0) is 9.68. The van der Waals surface area contributed by atoms with Crippen molar-refractivity contribution in [2.24, 2.45) is 0 Å². The summed E-state index contributed by atoms with van der Waals surface area (Å²) in [6.07, 6.45) is 5.59. The summed E-state index contributed by atoms with van der Waals surface area (Å²) < 4.78 is 23.9. The molecule has 0 nitrogen and oxygen atoms in total. The predicted molar refractivity (Wildman–Crippen MR) is 50.8 cm³/mol. The van der Waals surface area contributed by atoms with Gasteiger partial charge in [-0.3, -0.25) is 0 Å². The Kier molecular flexibility index (Phi) is 3.78. The number of terminal acetylenes is 1. The Morgan fingerprint density at radius 2 is 2.23 bits per heavy atom. The molecule has 0 radical (unpaired) electrons. The first-order chi connectivity index (χ1) is 6.22. The fourth-order valence-corrected chi connectivity index (χ4v) is 1.53. The topological polar surface area (TPSA) is 0 Å². The van der Waals surface area contributed by atoms with Crippen LogP contribution in [-0.4, -0.2) is 5.76 Å². The number of benzene rings is 1. The lowest BCUT2D eigenvalue weighted by Gasteiger charge is -2.01. The second-order valence-electron chi connectivity index (χ2n) is 2.41. The van der Waals surface area contributed by atoms with E-state index in [0.29, 0.717) is 23.1 Å². The quantitative estimate of drug-likeness (QED) is 0.531. The third-order valence-electron chi connectivity index (χ3n) is 1.43. The molecule has 0 N–H and O–H groups in total. The summed E-state index contributed by atoms with van der Waals surface area (Å²) in [6.45, 7) is 0. The lowest BCUT2D eigenvalue weighted by Crippen LogP contribution is -1.84. The average Bonchev–Trinajstić information content (AvgIpc) is 2.04. The maximum absolute atomic E-state index is 12.0. The van der Waals surface area contributed by atoms with Crippen molar-refractivity contribution in [3.05, 3.63) is 29.8 Å². The van der Waals surface area contributed by atoms with Gasteiger partial charge in [0, 0.05) is 11.3 Å².